The summed E-state index contributed by atoms with van der Waals surface area (Å²) in [5.41, 5.74) is -5.50. The predicted octanol–water partition coefficient (Wildman–Crippen LogP) is 1.14. The second-order valence-corrected chi connectivity index (χ2v) is 7.49. The van der Waals surface area contributed by atoms with Gasteiger partial charge in [-0.25, -0.2) is 0 Å². The number of fused-ring (bicyclic) bond motifs is 2. The Balaban J connectivity index is 2.52. The molecule has 0 fully saturated rings. The predicted molar refractivity (Wildman–Crippen MR) is 93.4 cm³/mol. The molecular formula is C15H14BF3N2O5S. The Morgan fingerprint density at radius 1 is 1.30 bits per heavy atom. The summed E-state index contributed by atoms with van der Waals surface area (Å²) in [6, 6.07) is 4.28. The summed E-state index contributed by atoms with van der Waals surface area (Å²) >= 11 is 0. The topological polar surface area (TPSA) is 102 Å². The van der Waals surface area contributed by atoms with Crippen molar-refractivity contribution in [2.24, 2.45) is 0 Å². The van der Waals surface area contributed by atoms with Gasteiger partial charge in [-0.05, 0) is 29.3 Å². The molecule has 0 unspecified atom stereocenters. The molecule has 12 heteroatoms. The van der Waals surface area contributed by atoms with Crippen molar-refractivity contribution in [3.05, 3.63) is 30.0 Å². The third-order valence-corrected chi connectivity index (χ3v) is 5.61. The minimum Gasteiger partial charge on any atom is -0.496 e. The average molecular weight is 402 g/mol. The van der Waals surface area contributed by atoms with E-state index in [-0.39, 0.29) is 14.9 Å². The first-order valence-corrected chi connectivity index (χ1v) is 9.16. The molecule has 0 saturated carbocycles. The van der Waals surface area contributed by atoms with Crippen LogP contribution in [0, 0.1) is 0 Å². The van der Waals surface area contributed by atoms with Gasteiger partial charge in [0.15, 0.2) is 0 Å². The SMILES string of the molecule is CCc1c(OC)ccc2cc3c(cnn3S(=O)(=O)C(F)(F)F)c(B(O)O)c12. The highest BCUT2D eigenvalue weighted by molar-refractivity contribution is 7.90. The van der Waals surface area contributed by atoms with E-state index in [2.05, 4.69) is 5.10 Å². The molecule has 27 heavy (non-hydrogen) atoms. The first-order chi connectivity index (χ1) is 12.5. The number of nitrogens with zero attached hydrogens (tertiary/aromatic N) is 2. The number of alkyl halides is 3. The number of benzene rings is 2. The Labute approximate surface area is 152 Å². The molecule has 1 aromatic heterocycles. The normalized spacial score (nSPS) is 12.7. The molecule has 3 aromatic rings. The number of aryl methyl sites for hydroxylation is 1. The van der Waals surface area contributed by atoms with E-state index in [0.29, 0.717) is 28.5 Å². The van der Waals surface area contributed by atoms with Gasteiger partial charge >= 0.3 is 22.7 Å². The largest absolute Gasteiger partial charge is 0.518 e. The standard InChI is InChI=1S/C15H14BF3N2O5S/c1-3-9-12(26-2)5-4-8-6-11-10(14(13(8)9)16(22)23)7-20-21(11)27(24,25)15(17,18)19/h4-7,22-23H,3H2,1-2H3. The number of hydrogen-bond donors (Lipinski definition) is 2. The molecule has 0 spiro atoms. The number of aromatic nitrogens is 2. The van der Waals surface area contributed by atoms with Crippen LogP contribution in [0.4, 0.5) is 13.2 Å². The van der Waals surface area contributed by atoms with Crippen molar-refractivity contribution < 1.29 is 36.4 Å². The summed E-state index contributed by atoms with van der Waals surface area (Å²) in [7, 11) is -6.42. The number of hydrogen-bond acceptors (Lipinski definition) is 6. The van der Waals surface area contributed by atoms with E-state index in [9.17, 15) is 31.6 Å². The van der Waals surface area contributed by atoms with Crippen molar-refractivity contribution in [3.63, 3.8) is 0 Å². The summed E-state index contributed by atoms with van der Waals surface area (Å²) in [4.78, 5) is 0. The van der Waals surface area contributed by atoms with Crippen molar-refractivity contribution in [2.45, 2.75) is 18.9 Å². The molecule has 2 N–H and O–H groups in total. The Hall–Kier alpha value is -2.31. The molecule has 2 aromatic carbocycles. The van der Waals surface area contributed by atoms with Crippen molar-refractivity contribution >= 4 is 44.3 Å². The molecule has 0 aliphatic carbocycles. The van der Waals surface area contributed by atoms with Crippen LogP contribution in [0.2, 0.25) is 0 Å². The molecule has 0 saturated heterocycles. The van der Waals surface area contributed by atoms with Gasteiger partial charge in [0, 0.05) is 16.4 Å². The molecule has 0 aliphatic heterocycles. The highest BCUT2D eigenvalue weighted by atomic mass is 32.2. The zero-order valence-corrected chi connectivity index (χ0v) is 15.0. The van der Waals surface area contributed by atoms with E-state index < -0.39 is 28.2 Å². The van der Waals surface area contributed by atoms with Gasteiger partial charge in [0.25, 0.3) is 0 Å². The fourth-order valence-electron chi connectivity index (χ4n) is 3.15. The summed E-state index contributed by atoms with van der Waals surface area (Å²) in [5, 5.41) is 23.7. The Morgan fingerprint density at radius 3 is 2.48 bits per heavy atom. The zero-order chi connectivity index (χ0) is 20.1. The molecule has 0 atom stereocenters. The lowest BCUT2D eigenvalue weighted by Gasteiger charge is -2.16. The number of ether oxygens (including phenoxy) is 1. The maximum absolute atomic E-state index is 13.0. The minimum atomic E-state index is -5.78. The van der Waals surface area contributed by atoms with Crippen molar-refractivity contribution in [2.75, 3.05) is 7.11 Å². The number of halogens is 3. The van der Waals surface area contributed by atoms with Gasteiger partial charge in [-0.1, -0.05) is 13.0 Å². The van der Waals surface area contributed by atoms with Gasteiger partial charge < -0.3 is 14.8 Å². The summed E-state index contributed by atoms with van der Waals surface area (Å²) in [5.74, 6) is 0.460. The van der Waals surface area contributed by atoms with E-state index in [1.165, 1.54) is 19.2 Å². The van der Waals surface area contributed by atoms with E-state index in [1.54, 1.807) is 13.0 Å². The van der Waals surface area contributed by atoms with Crippen LogP contribution in [0.1, 0.15) is 12.5 Å². The highest BCUT2D eigenvalue weighted by Gasteiger charge is 2.49. The first-order valence-electron chi connectivity index (χ1n) is 7.72. The lowest BCUT2D eigenvalue weighted by Crippen LogP contribution is -2.33. The molecule has 0 bridgehead atoms. The Kier molecular flexibility index (Phi) is 4.61. The smallest absolute Gasteiger partial charge is 0.496 e. The van der Waals surface area contributed by atoms with Gasteiger partial charge in [0.05, 0.1) is 18.8 Å². The van der Waals surface area contributed by atoms with E-state index in [0.717, 1.165) is 6.20 Å². The van der Waals surface area contributed by atoms with E-state index in [1.807, 2.05) is 0 Å². The molecular weight excluding hydrogens is 388 g/mol. The van der Waals surface area contributed by atoms with Crippen molar-refractivity contribution in [1.82, 2.24) is 9.19 Å². The van der Waals surface area contributed by atoms with E-state index >= 15 is 0 Å². The Morgan fingerprint density at radius 2 is 1.96 bits per heavy atom. The van der Waals surface area contributed by atoms with Crippen LogP contribution in [0.25, 0.3) is 21.7 Å². The van der Waals surface area contributed by atoms with Gasteiger partial charge in [-0.3, -0.25) is 0 Å². The maximum atomic E-state index is 13.0. The van der Waals surface area contributed by atoms with Crippen molar-refractivity contribution in [3.8, 4) is 5.75 Å². The molecule has 0 aliphatic rings. The number of rotatable bonds is 4. The summed E-state index contributed by atoms with van der Waals surface area (Å²) < 4.78 is 67.6. The molecule has 3 rings (SSSR count). The van der Waals surface area contributed by atoms with E-state index in [4.69, 9.17) is 4.74 Å². The van der Waals surface area contributed by atoms with Crippen LogP contribution in [0.3, 0.4) is 0 Å². The summed E-state index contributed by atoms with van der Waals surface area (Å²) in [6.45, 7) is 1.80. The summed E-state index contributed by atoms with van der Waals surface area (Å²) in [6.07, 6.45) is 1.30. The van der Waals surface area contributed by atoms with Crippen LogP contribution in [-0.4, -0.2) is 47.4 Å². The van der Waals surface area contributed by atoms with Gasteiger partial charge in [0.2, 0.25) is 0 Å². The average Bonchev–Trinajstić information content (AvgIpc) is 3.01. The lowest BCUT2D eigenvalue weighted by molar-refractivity contribution is -0.0448. The molecule has 0 amide bonds. The quantitative estimate of drug-likeness (QED) is 0.635. The highest BCUT2D eigenvalue weighted by Crippen LogP contribution is 2.33. The molecule has 7 nitrogen and oxygen atoms in total. The van der Waals surface area contributed by atoms with Crippen LogP contribution in [0.15, 0.2) is 24.4 Å². The maximum Gasteiger partial charge on any atom is 0.518 e. The Bertz CT molecular complexity index is 1140. The van der Waals surface area contributed by atoms with Crippen LogP contribution < -0.4 is 10.2 Å². The van der Waals surface area contributed by atoms with Crippen LogP contribution in [-0.2, 0) is 16.4 Å². The molecule has 144 valence electrons. The fourth-order valence-corrected chi connectivity index (χ4v) is 3.93. The monoisotopic (exact) mass is 402 g/mol. The number of methoxy groups -OCH3 is 1. The van der Waals surface area contributed by atoms with Gasteiger partial charge in [0.1, 0.15) is 5.75 Å². The fraction of sp³-hybridized carbons (Fsp3) is 0.267. The first kappa shape index (κ1) is 19.5. The second kappa shape index (κ2) is 6.39. The van der Waals surface area contributed by atoms with Crippen molar-refractivity contribution in [1.29, 1.82) is 0 Å². The second-order valence-electron chi connectivity index (χ2n) is 5.73. The van der Waals surface area contributed by atoms with Crippen LogP contribution in [0.5, 0.6) is 5.75 Å². The zero-order valence-electron chi connectivity index (χ0n) is 14.1. The van der Waals surface area contributed by atoms with Gasteiger partial charge in [-0.15, -0.1) is 4.09 Å². The third kappa shape index (κ3) is 2.84. The lowest BCUT2D eigenvalue weighted by atomic mass is 9.73. The minimum absolute atomic E-state index is 0.117. The van der Waals surface area contributed by atoms with Gasteiger partial charge in [-0.2, -0.15) is 26.7 Å². The molecule has 1 heterocycles. The molecule has 0 radical (unpaired) electrons. The van der Waals surface area contributed by atoms with Crippen LogP contribution >= 0.6 is 0 Å². The third-order valence-electron chi connectivity index (χ3n) is 4.28.